The normalized spacial score (nSPS) is 25.8. The molecule has 7 heteroatoms. The molecular formula is C24H28O7. The zero-order valence-corrected chi connectivity index (χ0v) is 18.1. The van der Waals surface area contributed by atoms with Crippen molar-refractivity contribution in [1.29, 1.82) is 0 Å². The van der Waals surface area contributed by atoms with Gasteiger partial charge >= 0.3 is 11.9 Å². The Morgan fingerprint density at radius 2 is 1.48 bits per heavy atom. The molecular weight excluding hydrogens is 400 g/mol. The first kappa shape index (κ1) is 22.9. The first-order valence-electron chi connectivity index (χ1n) is 10.1. The molecule has 1 aliphatic rings. The van der Waals surface area contributed by atoms with Crippen LogP contribution in [-0.4, -0.2) is 54.9 Å². The molecule has 0 amide bonds. The standard InChI is InChI=1S/C24H28O7/c1-23(2,3)24(15-29-20(26)16-11-7-5-8-12-16)19(18(25)22(28-4)31-24)30-21(27)17-13-9-6-10-14-17/h5-14,18-19,22,25H,15H2,1-4H3. The summed E-state index contributed by atoms with van der Waals surface area (Å²) in [6, 6.07) is 17.0. The predicted molar refractivity (Wildman–Crippen MR) is 112 cm³/mol. The van der Waals surface area contributed by atoms with E-state index in [2.05, 4.69) is 0 Å². The van der Waals surface area contributed by atoms with E-state index in [4.69, 9.17) is 18.9 Å². The minimum absolute atomic E-state index is 0.242. The third kappa shape index (κ3) is 4.63. The average Bonchev–Trinajstić information content (AvgIpc) is 3.05. The maximum Gasteiger partial charge on any atom is 0.338 e. The SMILES string of the molecule is COC1OC(COC(=O)c2ccccc2)(C(C)(C)C)C(OC(=O)c2ccccc2)C1O. The number of hydrogen-bond acceptors (Lipinski definition) is 7. The molecule has 166 valence electrons. The van der Waals surface area contributed by atoms with Crippen LogP contribution in [0.1, 0.15) is 41.5 Å². The number of carbonyl (C=O) groups excluding carboxylic acids is 2. The molecule has 0 aromatic heterocycles. The Balaban J connectivity index is 1.90. The highest BCUT2D eigenvalue weighted by Crippen LogP contribution is 2.46. The highest BCUT2D eigenvalue weighted by Gasteiger charge is 2.63. The molecule has 3 rings (SSSR count). The molecule has 1 saturated heterocycles. The summed E-state index contributed by atoms with van der Waals surface area (Å²) >= 11 is 0. The zero-order chi connectivity index (χ0) is 22.6. The van der Waals surface area contributed by atoms with Gasteiger partial charge in [-0.3, -0.25) is 0 Å². The maximum atomic E-state index is 12.8. The summed E-state index contributed by atoms with van der Waals surface area (Å²) in [5, 5.41) is 10.9. The summed E-state index contributed by atoms with van der Waals surface area (Å²) in [7, 11) is 1.39. The molecule has 2 aromatic rings. The molecule has 0 saturated carbocycles. The highest BCUT2D eigenvalue weighted by atomic mass is 16.7. The van der Waals surface area contributed by atoms with Gasteiger partial charge in [-0.1, -0.05) is 57.2 Å². The van der Waals surface area contributed by atoms with Crippen molar-refractivity contribution in [3.05, 3.63) is 71.8 Å². The summed E-state index contributed by atoms with van der Waals surface area (Å²) in [4.78, 5) is 25.4. The van der Waals surface area contributed by atoms with Crippen molar-refractivity contribution in [1.82, 2.24) is 0 Å². The molecule has 1 heterocycles. The van der Waals surface area contributed by atoms with Crippen LogP contribution >= 0.6 is 0 Å². The first-order chi connectivity index (χ1) is 14.7. The van der Waals surface area contributed by atoms with Crippen LogP contribution in [0.2, 0.25) is 0 Å². The molecule has 1 N–H and O–H groups in total. The molecule has 1 aliphatic heterocycles. The number of aliphatic hydroxyl groups is 1. The second kappa shape index (κ2) is 9.18. The van der Waals surface area contributed by atoms with Crippen molar-refractivity contribution in [2.75, 3.05) is 13.7 Å². The molecule has 4 unspecified atom stereocenters. The third-order valence-corrected chi connectivity index (χ3v) is 5.55. The predicted octanol–water partition coefficient (Wildman–Crippen LogP) is 3.22. The van der Waals surface area contributed by atoms with E-state index in [1.807, 2.05) is 20.8 Å². The summed E-state index contributed by atoms with van der Waals surface area (Å²) in [5.74, 6) is -1.16. The number of benzene rings is 2. The summed E-state index contributed by atoms with van der Waals surface area (Å²) in [5.41, 5.74) is -1.33. The Hall–Kier alpha value is -2.74. The number of ether oxygens (including phenoxy) is 4. The van der Waals surface area contributed by atoms with Gasteiger partial charge in [-0.05, 0) is 29.7 Å². The van der Waals surface area contributed by atoms with Crippen LogP contribution < -0.4 is 0 Å². The van der Waals surface area contributed by atoms with Crippen molar-refractivity contribution in [3.63, 3.8) is 0 Å². The van der Waals surface area contributed by atoms with Gasteiger partial charge in [-0.25, -0.2) is 9.59 Å². The average molecular weight is 428 g/mol. The lowest BCUT2D eigenvalue weighted by atomic mass is 9.73. The fourth-order valence-electron chi connectivity index (χ4n) is 3.64. The summed E-state index contributed by atoms with van der Waals surface area (Å²) in [6.07, 6.45) is -3.45. The number of hydrogen-bond donors (Lipinski definition) is 1. The number of esters is 2. The lowest BCUT2D eigenvalue weighted by molar-refractivity contribution is -0.221. The van der Waals surface area contributed by atoms with Gasteiger partial charge in [-0.15, -0.1) is 0 Å². The minimum Gasteiger partial charge on any atom is -0.459 e. The largest absolute Gasteiger partial charge is 0.459 e. The van der Waals surface area contributed by atoms with E-state index in [1.165, 1.54) is 7.11 Å². The fraction of sp³-hybridized carbons (Fsp3) is 0.417. The number of rotatable bonds is 6. The number of methoxy groups -OCH3 is 1. The third-order valence-electron chi connectivity index (χ3n) is 5.55. The minimum atomic E-state index is -1.35. The van der Waals surface area contributed by atoms with Crippen LogP contribution in [0.4, 0.5) is 0 Å². The lowest BCUT2D eigenvalue weighted by Crippen LogP contribution is -2.58. The van der Waals surface area contributed by atoms with E-state index in [1.54, 1.807) is 60.7 Å². The number of aliphatic hydroxyl groups excluding tert-OH is 1. The van der Waals surface area contributed by atoms with Crippen LogP contribution in [0.5, 0.6) is 0 Å². The van der Waals surface area contributed by atoms with Gasteiger partial charge in [0.25, 0.3) is 0 Å². The van der Waals surface area contributed by atoms with Gasteiger partial charge in [0.05, 0.1) is 11.1 Å². The quantitative estimate of drug-likeness (QED) is 0.707. The van der Waals surface area contributed by atoms with Gasteiger partial charge in [0.2, 0.25) is 0 Å². The Bertz CT molecular complexity index is 891. The Morgan fingerprint density at radius 3 is 1.97 bits per heavy atom. The highest BCUT2D eigenvalue weighted by molar-refractivity contribution is 5.90. The van der Waals surface area contributed by atoms with Crippen LogP contribution in [0.15, 0.2) is 60.7 Å². The molecule has 2 aromatic carbocycles. The Labute approximate surface area is 181 Å². The molecule has 1 fully saturated rings. The number of carbonyl (C=O) groups is 2. The van der Waals surface area contributed by atoms with E-state index in [-0.39, 0.29) is 6.61 Å². The van der Waals surface area contributed by atoms with Crippen LogP contribution in [0, 0.1) is 5.41 Å². The Kier molecular flexibility index (Phi) is 6.79. The molecule has 0 radical (unpaired) electrons. The first-order valence-corrected chi connectivity index (χ1v) is 10.1. The van der Waals surface area contributed by atoms with Crippen molar-refractivity contribution in [3.8, 4) is 0 Å². The topological polar surface area (TPSA) is 91.3 Å². The fourth-order valence-corrected chi connectivity index (χ4v) is 3.64. The molecule has 4 atom stereocenters. The zero-order valence-electron chi connectivity index (χ0n) is 18.1. The maximum absolute atomic E-state index is 12.8. The van der Waals surface area contributed by atoms with E-state index in [0.29, 0.717) is 11.1 Å². The van der Waals surface area contributed by atoms with Crippen LogP contribution in [0.3, 0.4) is 0 Å². The smallest absolute Gasteiger partial charge is 0.338 e. The van der Waals surface area contributed by atoms with E-state index < -0.39 is 41.5 Å². The van der Waals surface area contributed by atoms with Crippen LogP contribution in [0.25, 0.3) is 0 Å². The van der Waals surface area contributed by atoms with Gasteiger partial charge < -0.3 is 24.1 Å². The Morgan fingerprint density at radius 1 is 0.968 bits per heavy atom. The second-order valence-electron chi connectivity index (χ2n) is 8.49. The molecule has 0 spiro atoms. The monoisotopic (exact) mass is 428 g/mol. The second-order valence-corrected chi connectivity index (χ2v) is 8.49. The van der Waals surface area contributed by atoms with Crippen molar-refractivity contribution in [2.45, 2.75) is 44.9 Å². The molecule has 31 heavy (non-hydrogen) atoms. The van der Waals surface area contributed by atoms with E-state index in [9.17, 15) is 14.7 Å². The van der Waals surface area contributed by atoms with Gasteiger partial charge in [-0.2, -0.15) is 0 Å². The van der Waals surface area contributed by atoms with E-state index in [0.717, 1.165) is 0 Å². The molecule has 0 aliphatic carbocycles. The van der Waals surface area contributed by atoms with Crippen molar-refractivity contribution < 1.29 is 33.6 Å². The van der Waals surface area contributed by atoms with Crippen molar-refractivity contribution in [2.24, 2.45) is 5.41 Å². The van der Waals surface area contributed by atoms with Crippen LogP contribution in [-0.2, 0) is 18.9 Å². The molecule has 7 nitrogen and oxygen atoms in total. The van der Waals surface area contributed by atoms with Crippen molar-refractivity contribution >= 4 is 11.9 Å². The summed E-state index contributed by atoms with van der Waals surface area (Å²) in [6.45, 7) is 5.33. The van der Waals surface area contributed by atoms with E-state index >= 15 is 0 Å². The van der Waals surface area contributed by atoms with Gasteiger partial charge in [0.1, 0.15) is 18.3 Å². The van der Waals surface area contributed by atoms with Gasteiger partial charge in [0, 0.05) is 7.11 Å². The lowest BCUT2D eigenvalue weighted by Gasteiger charge is -2.43. The van der Waals surface area contributed by atoms with Gasteiger partial charge in [0.15, 0.2) is 12.4 Å². The summed E-state index contributed by atoms with van der Waals surface area (Å²) < 4.78 is 22.7. The molecule has 0 bridgehead atoms.